The molecule has 2 aromatic carbocycles. The molecule has 1 unspecified atom stereocenters. The number of anilines is 1. The number of aryl methyl sites for hydroxylation is 3. The smallest absolute Gasteiger partial charge is 0.237 e. The SMILES string of the molecule is Cc1ccc(NC(=O)C(C)Sc2nc3ccccc3n2C)c(C)c1. The number of amides is 1. The normalized spacial score (nSPS) is 12.3. The van der Waals surface area contributed by atoms with E-state index in [-0.39, 0.29) is 11.2 Å². The molecule has 0 aliphatic heterocycles. The average Bonchev–Trinajstić information content (AvgIpc) is 2.86. The van der Waals surface area contributed by atoms with E-state index in [4.69, 9.17) is 0 Å². The van der Waals surface area contributed by atoms with Crippen LogP contribution in [-0.2, 0) is 11.8 Å². The van der Waals surface area contributed by atoms with Crippen LogP contribution in [0.3, 0.4) is 0 Å². The molecule has 124 valence electrons. The summed E-state index contributed by atoms with van der Waals surface area (Å²) in [4.78, 5) is 17.1. The summed E-state index contributed by atoms with van der Waals surface area (Å²) >= 11 is 1.47. The van der Waals surface area contributed by atoms with Crippen molar-refractivity contribution in [2.75, 3.05) is 5.32 Å². The highest BCUT2D eigenvalue weighted by atomic mass is 32.2. The summed E-state index contributed by atoms with van der Waals surface area (Å²) in [6.07, 6.45) is 0. The molecule has 1 atom stereocenters. The van der Waals surface area contributed by atoms with Crippen molar-refractivity contribution in [1.29, 1.82) is 0 Å². The van der Waals surface area contributed by atoms with Crippen molar-refractivity contribution in [2.24, 2.45) is 7.05 Å². The number of benzene rings is 2. The maximum absolute atomic E-state index is 12.5. The second-order valence-electron chi connectivity index (χ2n) is 6.01. The zero-order chi connectivity index (χ0) is 17.3. The van der Waals surface area contributed by atoms with Gasteiger partial charge >= 0.3 is 0 Å². The van der Waals surface area contributed by atoms with Crippen molar-refractivity contribution >= 4 is 34.4 Å². The minimum Gasteiger partial charge on any atom is -0.325 e. The van der Waals surface area contributed by atoms with Crippen LogP contribution >= 0.6 is 11.8 Å². The van der Waals surface area contributed by atoms with Gasteiger partial charge in [0.05, 0.1) is 16.3 Å². The third-order valence-corrected chi connectivity index (χ3v) is 5.18. The number of imidazole rings is 1. The number of thioether (sulfide) groups is 1. The minimum absolute atomic E-state index is 0.0148. The van der Waals surface area contributed by atoms with E-state index < -0.39 is 0 Å². The van der Waals surface area contributed by atoms with Gasteiger partial charge in [-0.25, -0.2) is 4.98 Å². The summed E-state index contributed by atoms with van der Waals surface area (Å²) in [7, 11) is 1.98. The number of hydrogen-bond donors (Lipinski definition) is 1. The van der Waals surface area contributed by atoms with Crippen molar-refractivity contribution in [3.05, 3.63) is 53.6 Å². The number of fused-ring (bicyclic) bond motifs is 1. The molecule has 5 heteroatoms. The highest BCUT2D eigenvalue weighted by Crippen LogP contribution is 2.27. The number of nitrogens with zero attached hydrogens (tertiary/aromatic N) is 2. The maximum Gasteiger partial charge on any atom is 0.237 e. The summed E-state index contributed by atoms with van der Waals surface area (Å²) in [5.74, 6) is -0.0148. The number of para-hydroxylation sites is 2. The van der Waals surface area contributed by atoms with Crippen LogP contribution in [0.25, 0.3) is 11.0 Å². The van der Waals surface area contributed by atoms with Crippen molar-refractivity contribution in [1.82, 2.24) is 9.55 Å². The zero-order valence-electron chi connectivity index (χ0n) is 14.3. The molecule has 3 rings (SSSR count). The van der Waals surface area contributed by atoms with Crippen molar-refractivity contribution in [2.45, 2.75) is 31.2 Å². The van der Waals surface area contributed by atoms with Crippen LogP contribution in [0.15, 0.2) is 47.6 Å². The van der Waals surface area contributed by atoms with Gasteiger partial charge in [0, 0.05) is 12.7 Å². The van der Waals surface area contributed by atoms with Crippen molar-refractivity contribution < 1.29 is 4.79 Å². The minimum atomic E-state index is -0.235. The highest BCUT2D eigenvalue weighted by molar-refractivity contribution is 8.00. The Balaban J connectivity index is 1.74. The maximum atomic E-state index is 12.5. The second kappa shape index (κ2) is 6.69. The van der Waals surface area contributed by atoms with Crippen LogP contribution in [0.4, 0.5) is 5.69 Å². The lowest BCUT2D eigenvalue weighted by Gasteiger charge is -2.13. The predicted octanol–water partition coefficient (Wildman–Crippen LogP) is 4.31. The van der Waals surface area contributed by atoms with E-state index in [1.165, 1.54) is 17.3 Å². The fourth-order valence-corrected chi connectivity index (χ4v) is 3.52. The first-order valence-electron chi connectivity index (χ1n) is 7.92. The van der Waals surface area contributed by atoms with Crippen LogP contribution in [-0.4, -0.2) is 20.7 Å². The fraction of sp³-hybridized carbons (Fsp3) is 0.263. The molecule has 0 radical (unpaired) electrons. The largest absolute Gasteiger partial charge is 0.325 e. The molecule has 0 saturated carbocycles. The Morgan fingerprint density at radius 3 is 2.67 bits per heavy atom. The van der Waals surface area contributed by atoms with Gasteiger partial charge in [-0.2, -0.15) is 0 Å². The van der Waals surface area contributed by atoms with E-state index in [1.807, 2.05) is 68.8 Å². The lowest BCUT2D eigenvalue weighted by Crippen LogP contribution is -2.23. The van der Waals surface area contributed by atoms with E-state index in [1.54, 1.807) is 0 Å². The van der Waals surface area contributed by atoms with Crippen molar-refractivity contribution in [3.8, 4) is 0 Å². The quantitative estimate of drug-likeness (QED) is 0.721. The summed E-state index contributed by atoms with van der Waals surface area (Å²) in [6.45, 7) is 5.96. The van der Waals surface area contributed by atoms with E-state index >= 15 is 0 Å². The van der Waals surface area contributed by atoms with E-state index in [9.17, 15) is 4.79 Å². The van der Waals surface area contributed by atoms with Crippen LogP contribution in [0, 0.1) is 13.8 Å². The molecular formula is C19H21N3OS. The molecule has 4 nitrogen and oxygen atoms in total. The molecule has 1 N–H and O–H groups in total. The van der Waals surface area contributed by atoms with Gasteiger partial charge < -0.3 is 9.88 Å². The van der Waals surface area contributed by atoms with Crippen molar-refractivity contribution in [3.63, 3.8) is 0 Å². The number of nitrogens with one attached hydrogen (secondary N) is 1. The standard InChI is InChI=1S/C19H21N3OS/c1-12-9-10-15(13(2)11-12)20-18(23)14(3)24-19-21-16-7-5-6-8-17(16)22(19)4/h5-11,14H,1-4H3,(H,20,23). The Bertz CT molecular complexity index is 901. The lowest BCUT2D eigenvalue weighted by atomic mass is 10.1. The summed E-state index contributed by atoms with van der Waals surface area (Å²) < 4.78 is 2.03. The van der Waals surface area contributed by atoms with E-state index in [0.29, 0.717) is 0 Å². The molecule has 1 heterocycles. The van der Waals surface area contributed by atoms with E-state index in [2.05, 4.69) is 16.4 Å². The number of rotatable bonds is 4. The first-order chi connectivity index (χ1) is 11.5. The molecule has 0 aliphatic rings. The number of aromatic nitrogens is 2. The summed E-state index contributed by atoms with van der Waals surface area (Å²) in [6, 6.07) is 14.0. The number of carbonyl (C=O) groups is 1. The summed E-state index contributed by atoms with van der Waals surface area (Å²) in [5.41, 5.74) is 5.14. The molecule has 0 saturated heterocycles. The Morgan fingerprint density at radius 2 is 1.96 bits per heavy atom. The Kier molecular flexibility index (Phi) is 4.62. The third-order valence-electron chi connectivity index (χ3n) is 4.04. The summed E-state index contributed by atoms with van der Waals surface area (Å²) in [5, 5.41) is 3.63. The predicted molar refractivity (Wildman–Crippen MR) is 101 cm³/mol. The van der Waals surface area contributed by atoms with Gasteiger partial charge in [-0.1, -0.05) is 41.6 Å². The molecule has 1 amide bonds. The van der Waals surface area contributed by atoms with Crippen LogP contribution in [0.5, 0.6) is 0 Å². The molecule has 0 spiro atoms. The molecule has 24 heavy (non-hydrogen) atoms. The second-order valence-corrected chi connectivity index (χ2v) is 7.32. The Labute approximate surface area is 146 Å². The van der Waals surface area contributed by atoms with Gasteiger partial charge in [-0.3, -0.25) is 4.79 Å². The molecule has 1 aromatic heterocycles. The van der Waals surface area contributed by atoms with Gasteiger partial charge in [-0.05, 0) is 44.5 Å². The van der Waals surface area contributed by atoms with Gasteiger partial charge in [0.15, 0.2) is 5.16 Å². The van der Waals surface area contributed by atoms with Gasteiger partial charge in [0.2, 0.25) is 5.91 Å². The zero-order valence-corrected chi connectivity index (χ0v) is 15.1. The first-order valence-corrected chi connectivity index (χ1v) is 8.80. The van der Waals surface area contributed by atoms with Crippen LogP contribution in [0.2, 0.25) is 0 Å². The molecule has 0 aliphatic carbocycles. The Morgan fingerprint density at radius 1 is 1.21 bits per heavy atom. The van der Waals surface area contributed by atoms with Gasteiger partial charge in [-0.15, -0.1) is 0 Å². The van der Waals surface area contributed by atoms with Crippen LogP contribution in [0.1, 0.15) is 18.1 Å². The van der Waals surface area contributed by atoms with Gasteiger partial charge in [0.25, 0.3) is 0 Å². The monoisotopic (exact) mass is 339 g/mol. The fourth-order valence-electron chi connectivity index (χ4n) is 2.63. The highest BCUT2D eigenvalue weighted by Gasteiger charge is 2.18. The average molecular weight is 339 g/mol. The lowest BCUT2D eigenvalue weighted by molar-refractivity contribution is -0.115. The first kappa shape index (κ1) is 16.6. The topological polar surface area (TPSA) is 46.9 Å². The number of hydrogen-bond acceptors (Lipinski definition) is 3. The molecule has 0 bridgehead atoms. The third kappa shape index (κ3) is 3.31. The molecular weight excluding hydrogens is 318 g/mol. The molecule has 0 fully saturated rings. The van der Waals surface area contributed by atoms with Gasteiger partial charge in [0.1, 0.15) is 0 Å². The van der Waals surface area contributed by atoms with E-state index in [0.717, 1.165) is 27.4 Å². The Hall–Kier alpha value is -2.27. The van der Waals surface area contributed by atoms with Crippen LogP contribution < -0.4 is 5.32 Å². The number of carbonyl (C=O) groups excluding carboxylic acids is 1. The molecule has 3 aromatic rings.